The van der Waals surface area contributed by atoms with Crippen LogP contribution in [0.5, 0.6) is 5.75 Å². The molecule has 0 saturated heterocycles. The molecule has 3 aromatic rings. The molecule has 0 radical (unpaired) electrons. The second kappa shape index (κ2) is 7.08. The number of fused-ring (bicyclic) bond motifs is 1. The van der Waals surface area contributed by atoms with Crippen molar-refractivity contribution in [3.05, 3.63) is 54.3 Å². The number of benzene rings is 2. The summed E-state index contributed by atoms with van der Waals surface area (Å²) in [5, 5.41) is 7.06. The lowest BCUT2D eigenvalue weighted by Gasteiger charge is -2.07. The maximum atomic E-state index is 12.6. The second-order valence-electron chi connectivity index (χ2n) is 5.41. The molecule has 0 saturated carbocycles. The molecule has 0 atom stereocenters. The fourth-order valence-electron chi connectivity index (χ4n) is 2.49. The van der Waals surface area contributed by atoms with E-state index < -0.39 is 0 Å². The van der Waals surface area contributed by atoms with Crippen molar-refractivity contribution in [3.8, 4) is 5.75 Å². The van der Waals surface area contributed by atoms with Crippen LogP contribution in [-0.2, 0) is 0 Å². The SMILES string of the molecule is CCCNc1c(C(=O)Nc2ccc(OC)cc2)oc2ccccc12. The molecule has 1 heterocycles. The summed E-state index contributed by atoms with van der Waals surface area (Å²) in [6.07, 6.45) is 0.957. The van der Waals surface area contributed by atoms with Crippen LogP contribution in [0.1, 0.15) is 23.9 Å². The third kappa shape index (κ3) is 3.20. The topological polar surface area (TPSA) is 63.5 Å². The van der Waals surface area contributed by atoms with Crippen LogP contribution in [0.3, 0.4) is 0 Å². The quantitative estimate of drug-likeness (QED) is 0.700. The van der Waals surface area contributed by atoms with Crippen LogP contribution in [-0.4, -0.2) is 19.6 Å². The summed E-state index contributed by atoms with van der Waals surface area (Å²) in [7, 11) is 1.60. The van der Waals surface area contributed by atoms with E-state index in [1.54, 1.807) is 31.4 Å². The number of furan rings is 1. The molecule has 3 rings (SSSR count). The van der Waals surface area contributed by atoms with Crippen molar-refractivity contribution in [1.29, 1.82) is 0 Å². The molecule has 0 aliphatic heterocycles. The van der Waals surface area contributed by atoms with Crippen LogP contribution in [0.15, 0.2) is 52.9 Å². The molecule has 2 N–H and O–H groups in total. The third-order valence-electron chi connectivity index (χ3n) is 3.70. The second-order valence-corrected chi connectivity index (χ2v) is 5.41. The van der Waals surface area contributed by atoms with Gasteiger partial charge >= 0.3 is 0 Å². The fourth-order valence-corrected chi connectivity index (χ4v) is 2.49. The molecule has 2 aromatic carbocycles. The third-order valence-corrected chi connectivity index (χ3v) is 3.70. The Morgan fingerprint density at radius 2 is 1.88 bits per heavy atom. The van der Waals surface area contributed by atoms with E-state index in [2.05, 4.69) is 17.6 Å². The molecule has 0 fully saturated rings. The van der Waals surface area contributed by atoms with Crippen LogP contribution in [0.2, 0.25) is 0 Å². The van der Waals surface area contributed by atoms with Gasteiger partial charge in [0.1, 0.15) is 11.3 Å². The van der Waals surface area contributed by atoms with Crippen molar-refractivity contribution in [2.45, 2.75) is 13.3 Å². The van der Waals surface area contributed by atoms with E-state index in [0.717, 1.165) is 29.8 Å². The van der Waals surface area contributed by atoms with Gasteiger partial charge in [0.05, 0.1) is 12.8 Å². The van der Waals surface area contributed by atoms with Gasteiger partial charge in [0, 0.05) is 17.6 Å². The summed E-state index contributed by atoms with van der Waals surface area (Å²) in [5.74, 6) is 0.748. The fraction of sp³-hybridized carbons (Fsp3) is 0.211. The summed E-state index contributed by atoms with van der Waals surface area (Å²) in [6, 6.07) is 14.8. The first-order valence-corrected chi connectivity index (χ1v) is 7.93. The Bertz CT molecular complexity index is 837. The Morgan fingerprint density at radius 3 is 2.58 bits per heavy atom. The Kier molecular flexibility index (Phi) is 4.70. The van der Waals surface area contributed by atoms with Gasteiger partial charge < -0.3 is 19.8 Å². The molecule has 1 amide bonds. The van der Waals surface area contributed by atoms with Gasteiger partial charge in [0.25, 0.3) is 5.91 Å². The lowest BCUT2D eigenvalue weighted by molar-refractivity contribution is 0.0999. The number of carbonyl (C=O) groups excluding carboxylic acids is 1. The molecule has 0 bridgehead atoms. The molecule has 124 valence electrons. The molecule has 0 aliphatic carbocycles. The van der Waals surface area contributed by atoms with Crippen molar-refractivity contribution in [2.75, 3.05) is 24.3 Å². The number of rotatable bonds is 6. The number of amides is 1. The molecule has 24 heavy (non-hydrogen) atoms. The highest BCUT2D eigenvalue weighted by atomic mass is 16.5. The minimum atomic E-state index is -0.282. The predicted molar refractivity (Wildman–Crippen MR) is 95.9 cm³/mol. The van der Waals surface area contributed by atoms with E-state index in [0.29, 0.717) is 17.0 Å². The zero-order valence-electron chi connectivity index (χ0n) is 13.8. The molecule has 5 nitrogen and oxygen atoms in total. The number of hydrogen-bond acceptors (Lipinski definition) is 4. The molecular formula is C19H20N2O3. The molecule has 0 unspecified atom stereocenters. The first-order valence-electron chi connectivity index (χ1n) is 7.93. The van der Waals surface area contributed by atoms with E-state index in [4.69, 9.17) is 9.15 Å². The van der Waals surface area contributed by atoms with Gasteiger partial charge in [-0.1, -0.05) is 19.1 Å². The van der Waals surface area contributed by atoms with Crippen LogP contribution in [0.25, 0.3) is 11.0 Å². The number of anilines is 2. The summed E-state index contributed by atoms with van der Waals surface area (Å²) >= 11 is 0. The molecule has 5 heteroatoms. The van der Waals surface area contributed by atoms with E-state index in [1.165, 1.54) is 0 Å². The number of para-hydroxylation sites is 1. The number of ether oxygens (including phenoxy) is 1. The van der Waals surface area contributed by atoms with E-state index in [9.17, 15) is 4.79 Å². The van der Waals surface area contributed by atoms with Crippen LogP contribution < -0.4 is 15.4 Å². The average Bonchev–Trinajstić information content (AvgIpc) is 2.99. The molecule has 1 aromatic heterocycles. The maximum absolute atomic E-state index is 12.6. The van der Waals surface area contributed by atoms with Gasteiger partial charge in [-0.15, -0.1) is 0 Å². The van der Waals surface area contributed by atoms with Gasteiger partial charge in [-0.05, 0) is 42.8 Å². The Hall–Kier alpha value is -2.95. The lowest BCUT2D eigenvalue weighted by atomic mass is 10.2. The Morgan fingerprint density at radius 1 is 1.12 bits per heavy atom. The van der Waals surface area contributed by atoms with E-state index in [1.807, 2.05) is 24.3 Å². The maximum Gasteiger partial charge on any atom is 0.293 e. The van der Waals surface area contributed by atoms with Gasteiger partial charge in [0.2, 0.25) is 5.76 Å². The number of hydrogen-bond donors (Lipinski definition) is 2. The molecular weight excluding hydrogens is 304 g/mol. The zero-order chi connectivity index (χ0) is 16.9. The number of carbonyl (C=O) groups is 1. The van der Waals surface area contributed by atoms with Crippen LogP contribution in [0.4, 0.5) is 11.4 Å². The summed E-state index contributed by atoms with van der Waals surface area (Å²) in [4.78, 5) is 12.6. The van der Waals surface area contributed by atoms with Gasteiger partial charge in [-0.3, -0.25) is 4.79 Å². The van der Waals surface area contributed by atoms with E-state index >= 15 is 0 Å². The highest BCUT2D eigenvalue weighted by Gasteiger charge is 2.20. The minimum Gasteiger partial charge on any atom is -0.497 e. The van der Waals surface area contributed by atoms with Crippen molar-refractivity contribution in [3.63, 3.8) is 0 Å². The monoisotopic (exact) mass is 324 g/mol. The van der Waals surface area contributed by atoms with Crippen LogP contribution >= 0.6 is 0 Å². The Labute approximate surface area is 140 Å². The molecule has 0 spiro atoms. The zero-order valence-corrected chi connectivity index (χ0v) is 13.8. The van der Waals surface area contributed by atoms with E-state index in [-0.39, 0.29) is 5.91 Å². The summed E-state index contributed by atoms with van der Waals surface area (Å²) in [5.41, 5.74) is 2.11. The molecule has 0 aliphatic rings. The lowest BCUT2D eigenvalue weighted by Crippen LogP contribution is -2.13. The standard InChI is InChI=1S/C19H20N2O3/c1-3-12-20-17-15-6-4-5-7-16(15)24-18(17)19(22)21-13-8-10-14(23-2)11-9-13/h4-11,20H,3,12H2,1-2H3,(H,21,22). The summed E-state index contributed by atoms with van der Waals surface area (Å²) in [6.45, 7) is 2.85. The first kappa shape index (κ1) is 15.9. The van der Waals surface area contributed by atoms with Gasteiger partial charge in [-0.2, -0.15) is 0 Å². The highest BCUT2D eigenvalue weighted by Crippen LogP contribution is 2.31. The number of methoxy groups -OCH3 is 1. The van der Waals surface area contributed by atoms with Crippen LogP contribution in [0, 0.1) is 0 Å². The number of nitrogens with one attached hydrogen (secondary N) is 2. The van der Waals surface area contributed by atoms with Crippen molar-refractivity contribution in [1.82, 2.24) is 0 Å². The van der Waals surface area contributed by atoms with Crippen molar-refractivity contribution in [2.24, 2.45) is 0 Å². The smallest absolute Gasteiger partial charge is 0.293 e. The van der Waals surface area contributed by atoms with Crippen molar-refractivity contribution < 1.29 is 13.9 Å². The highest BCUT2D eigenvalue weighted by molar-refractivity contribution is 6.11. The predicted octanol–water partition coefficient (Wildman–Crippen LogP) is 4.52. The van der Waals surface area contributed by atoms with Gasteiger partial charge in [0.15, 0.2) is 0 Å². The minimum absolute atomic E-state index is 0.282. The van der Waals surface area contributed by atoms with Gasteiger partial charge in [-0.25, -0.2) is 0 Å². The Balaban J connectivity index is 1.90. The average molecular weight is 324 g/mol. The largest absolute Gasteiger partial charge is 0.497 e. The van der Waals surface area contributed by atoms with Crippen molar-refractivity contribution >= 4 is 28.3 Å². The normalized spacial score (nSPS) is 10.6. The first-order chi connectivity index (χ1) is 11.7. The summed E-state index contributed by atoms with van der Waals surface area (Å²) < 4.78 is 10.9.